The topological polar surface area (TPSA) is 46.5 Å². The molecule has 3 nitrogen and oxygen atoms in total. The van der Waals surface area contributed by atoms with Crippen LogP contribution in [0.1, 0.15) is 59.3 Å². The van der Waals surface area contributed by atoms with E-state index in [-0.39, 0.29) is 16.8 Å². The normalized spacial score (nSPS) is 49.5. The summed E-state index contributed by atoms with van der Waals surface area (Å²) in [6, 6.07) is 0. The first-order chi connectivity index (χ1) is 9.77. The number of aliphatic hydroxyl groups is 1. The Morgan fingerprint density at radius 2 is 2.05 bits per heavy atom. The molecule has 5 atom stereocenters. The molecule has 3 heteroatoms. The van der Waals surface area contributed by atoms with Gasteiger partial charge in [-0.3, -0.25) is 0 Å². The molecule has 3 fully saturated rings. The quantitative estimate of drug-likeness (QED) is 0.626. The van der Waals surface area contributed by atoms with Crippen molar-refractivity contribution in [3.63, 3.8) is 0 Å². The molecule has 1 N–H and O–H groups in total. The van der Waals surface area contributed by atoms with E-state index in [4.69, 9.17) is 4.74 Å². The Morgan fingerprint density at radius 3 is 2.52 bits per heavy atom. The third kappa shape index (κ3) is 1.56. The molecule has 116 valence electrons. The van der Waals surface area contributed by atoms with Gasteiger partial charge in [-0.2, -0.15) is 0 Å². The molecular formula is C18H26O3. The lowest BCUT2D eigenvalue weighted by atomic mass is 9.68. The fourth-order valence-corrected chi connectivity index (χ4v) is 5.65. The molecule has 2 unspecified atom stereocenters. The summed E-state index contributed by atoms with van der Waals surface area (Å²) in [5, 5.41) is 11.1. The molecule has 0 aromatic rings. The minimum atomic E-state index is -1.28. The maximum atomic E-state index is 12.6. The number of fused-ring (bicyclic) bond motifs is 4. The lowest BCUT2D eigenvalue weighted by molar-refractivity contribution is -0.258. The summed E-state index contributed by atoms with van der Waals surface area (Å²) in [6.45, 7) is 6.53. The fourth-order valence-electron chi connectivity index (χ4n) is 5.65. The summed E-state index contributed by atoms with van der Waals surface area (Å²) < 4.78 is 5.76. The summed E-state index contributed by atoms with van der Waals surface area (Å²) in [5.41, 5.74) is 0.549. The number of hydrogen-bond donors (Lipinski definition) is 1. The number of hydrogen-bond acceptors (Lipinski definition) is 3. The van der Waals surface area contributed by atoms with Crippen LogP contribution in [-0.2, 0) is 9.53 Å². The number of rotatable bonds is 2. The molecule has 4 bridgehead atoms. The van der Waals surface area contributed by atoms with E-state index in [1.54, 1.807) is 0 Å². The zero-order valence-corrected chi connectivity index (χ0v) is 13.3. The van der Waals surface area contributed by atoms with Gasteiger partial charge in [0.05, 0.1) is 0 Å². The number of carbonyl (C=O) groups excluding carboxylic acids is 1. The van der Waals surface area contributed by atoms with Crippen LogP contribution in [0.3, 0.4) is 0 Å². The van der Waals surface area contributed by atoms with E-state index in [9.17, 15) is 9.90 Å². The molecule has 4 rings (SSSR count). The van der Waals surface area contributed by atoms with Crippen molar-refractivity contribution in [3.05, 3.63) is 11.6 Å². The van der Waals surface area contributed by atoms with E-state index >= 15 is 0 Å². The highest BCUT2D eigenvalue weighted by atomic mass is 16.7. The van der Waals surface area contributed by atoms with Gasteiger partial charge in [0.25, 0.3) is 0 Å². The van der Waals surface area contributed by atoms with Crippen molar-refractivity contribution in [3.8, 4) is 0 Å². The van der Waals surface area contributed by atoms with Crippen LogP contribution in [-0.4, -0.2) is 16.9 Å². The Morgan fingerprint density at radius 1 is 1.29 bits per heavy atom. The van der Waals surface area contributed by atoms with E-state index in [0.29, 0.717) is 24.2 Å². The molecule has 0 radical (unpaired) electrons. The van der Waals surface area contributed by atoms with Crippen LogP contribution in [0.15, 0.2) is 11.6 Å². The maximum absolute atomic E-state index is 12.6. The second-order valence-corrected chi connectivity index (χ2v) is 8.56. The Kier molecular flexibility index (Phi) is 2.58. The van der Waals surface area contributed by atoms with E-state index in [2.05, 4.69) is 26.8 Å². The van der Waals surface area contributed by atoms with Crippen molar-refractivity contribution < 1.29 is 14.6 Å². The summed E-state index contributed by atoms with van der Waals surface area (Å²) in [6.07, 6.45) is 8.20. The molecule has 3 saturated carbocycles. The molecule has 0 amide bonds. The summed E-state index contributed by atoms with van der Waals surface area (Å²) >= 11 is 0. The summed E-state index contributed by atoms with van der Waals surface area (Å²) in [4.78, 5) is 12.6. The van der Waals surface area contributed by atoms with Crippen LogP contribution in [0.2, 0.25) is 0 Å². The van der Waals surface area contributed by atoms with Gasteiger partial charge in [0, 0.05) is 17.4 Å². The smallest absolute Gasteiger partial charge is 0.336 e. The third-order valence-corrected chi connectivity index (χ3v) is 7.65. The SMILES string of the molecule is CC1(C)[C@@H]2CC[C@@]1(C)[C@](O)(OC(=O)C1=CC3CCC1C3)C2. The van der Waals surface area contributed by atoms with Crippen LogP contribution in [0.4, 0.5) is 0 Å². The minimum absolute atomic E-state index is 0.0328. The number of ether oxygens (including phenoxy) is 1. The van der Waals surface area contributed by atoms with Gasteiger partial charge in [0.15, 0.2) is 0 Å². The van der Waals surface area contributed by atoms with E-state index in [0.717, 1.165) is 31.3 Å². The Bertz CT molecular complexity index is 535. The van der Waals surface area contributed by atoms with Gasteiger partial charge < -0.3 is 9.84 Å². The van der Waals surface area contributed by atoms with Gasteiger partial charge in [-0.25, -0.2) is 4.79 Å². The van der Waals surface area contributed by atoms with Gasteiger partial charge >= 0.3 is 5.97 Å². The van der Waals surface area contributed by atoms with Crippen molar-refractivity contribution in [1.29, 1.82) is 0 Å². The van der Waals surface area contributed by atoms with Gasteiger partial charge in [-0.15, -0.1) is 0 Å². The highest BCUT2D eigenvalue weighted by molar-refractivity contribution is 5.90. The predicted molar refractivity (Wildman–Crippen MR) is 79.2 cm³/mol. The predicted octanol–water partition coefficient (Wildman–Crippen LogP) is 3.42. The third-order valence-electron chi connectivity index (χ3n) is 7.65. The first kappa shape index (κ1) is 13.8. The second kappa shape index (κ2) is 3.92. The minimum Gasteiger partial charge on any atom is -0.429 e. The van der Waals surface area contributed by atoms with Gasteiger partial charge in [0.1, 0.15) is 0 Å². The number of carbonyl (C=O) groups is 1. The first-order valence-electron chi connectivity index (χ1n) is 8.44. The molecule has 0 heterocycles. The van der Waals surface area contributed by atoms with Gasteiger partial charge in [-0.05, 0) is 55.3 Å². The van der Waals surface area contributed by atoms with Crippen molar-refractivity contribution in [2.75, 3.05) is 0 Å². The highest BCUT2D eigenvalue weighted by Gasteiger charge is 2.70. The molecule has 0 aromatic carbocycles. The molecular weight excluding hydrogens is 264 g/mol. The van der Waals surface area contributed by atoms with Gasteiger partial charge in [0.2, 0.25) is 5.79 Å². The number of allylic oxidation sites excluding steroid dienone is 1. The number of esters is 1. The largest absolute Gasteiger partial charge is 0.429 e. The van der Waals surface area contributed by atoms with E-state index in [1.165, 1.54) is 6.42 Å². The van der Waals surface area contributed by atoms with Crippen LogP contribution in [0.5, 0.6) is 0 Å². The second-order valence-electron chi connectivity index (χ2n) is 8.56. The van der Waals surface area contributed by atoms with Crippen molar-refractivity contribution >= 4 is 5.97 Å². The standard InChI is InChI=1S/C18H26O3/c1-16(2)13-6-7-17(16,3)18(20,10-13)21-15(19)14-9-11-4-5-12(14)8-11/h9,11-13,20H,4-8,10H2,1-3H3/t11?,12?,13-,17-,18-/m1/s1. The van der Waals surface area contributed by atoms with Crippen molar-refractivity contribution in [2.24, 2.45) is 28.6 Å². The highest BCUT2D eigenvalue weighted by Crippen LogP contribution is 2.70. The molecule has 21 heavy (non-hydrogen) atoms. The maximum Gasteiger partial charge on any atom is 0.336 e. The zero-order valence-electron chi connectivity index (χ0n) is 13.3. The van der Waals surface area contributed by atoms with Crippen LogP contribution in [0, 0.1) is 28.6 Å². The van der Waals surface area contributed by atoms with Crippen molar-refractivity contribution in [2.45, 2.75) is 65.1 Å². The van der Waals surface area contributed by atoms with Gasteiger partial charge in [-0.1, -0.05) is 26.8 Å². The van der Waals surface area contributed by atoms with Crippen LogP contribution in [0.25, 0.3) is 0 Å². The zero-order chi connectivity index (χ0) is 15.0. The Balaban J connectivity index is 1.58. The molecule has 4 aliphatic rings. The first-order valence-corrected chi connectivity index (χ1v) is 8.44. The van der Waals surface area contributed by atoms with Crippen molar-refractivity contribution in [1.82, 2.24) is 0 Å². The van der Waals surface area contributed by atoms with E-state index < -0.39 is 5.79 Å². The molecule has 0 aromatic heterocycles. The lowest BCUT2D eigenvalue weighted by Crippen LogP contribution is -2.50. The Hall–Kier alpha value is -0.830. The Labute approximate surface area is 126 Å². The summed E-state index contributed by atoms with van der Waals surface area (Å²) in [5.74, 6) is -0.132. The average molecular weight is 290 g/mol. The monoisotopic (exact) mass is 290 g/mol. The van der Waals surface area contributed by atoms with E-state index in [1.807, 2.05) is 0 Å². The molecule has 0 saturated heterocycles. The summed E-state index contributed by atoms with van der Waals surface area (Å²) in [7, 11) is 0. The molecule has 0 spiro atoms. The fraction of sp³-hybridized carbons (Fsp3) is 0.833. The van der Waals surface area contributed by atoms with Crippen LogP contribution < -0.4 is 0 Å². The van der Waals surface area contributed by atoms with Crippen LogP contribution >= 0.6 is 0 Å². The lowest BCUT2D eigenvalue weighted by Gasteiger charge is -2.44. The average Bonchev–Trinajstić information content (AvgIpc) is 3.11. The molecule has 0 aliphatic heterocycles. The molecule has 4 aliphatic carbocycles.